The zero-order valence-corrected chi connectivity index (χ0v) is 11.6. The topological polar surface area (TPSA) is 21.8 Å². The molecule has 0 atom stereocenters. The van der Waals surface area contributed by atoms with E-state index < -0.39 is 0 Å². The van der Waals surface area contributed by atoms with Gasteiger partial charge in [0, 0.05) is 45.3 Å². The van der Waals surface area contributed by atoms with Crippen LogP contribution in [0.5, 0.6) is 0 Å². The van der Waals surface area contributed by atoms with Gasteiger partial charge in [-0.1, -0.05) is 0 Å². The molecule has 0 aromatic rings. The van der Waals surface area contributed by atoms with Gasteiger partial charge in [0.15, 0.2) is 0 Å². The van der Waals surface area contributed by atoms with E-state index in [1.165, 1.54) is 84.7 Å². The fraction of sp³-hybridized carbons (Fsp3) is 1.00. The standard InChI is InChI=1S/C14H28N4/c1-2-7-16(6-1)8-3-9-17-12-14(13-17)18-10-4-15-5-11-18/h14-15H,1-13H2. The fourth-order valence-electron chi connectivity index (χ4n) is 3.53. The number of likely N-dealkylation sites (tertiary alicyclic amines) is 2. The molecule has 3 aliphatic heterocycles. The average molecular weight is 252 g/mol. The van der Waals surface area contributed by atoms with Crippen LogP contribution < -0.4 is 5.32 Å². The van der Waals surface area contributed by atoms with Crippen LogP contribution in [0.2, 0.25) is 0 Å². The molecule has 0 aromatic carbocycles. The Balaban J connectivity index is 1.25. The molecule has 104 valence electrons. The Kier molecular flexibility index (Phi) is 4.52. The Morgan fingerprint density at radius 1 is 0.833 bits per heavy atom. The molecule has 3 fully saturated rings. The zero-order valence-electron chi connectivity index (χ0n) is 11.6. The lowest BCUT2D eigenvalue weighted by atomic mass is 10.1. The first-order valence-corrected chi connectivity index (χ1v) is 7.81. The lowest BCUT2D eigenvalue weighted by Gasteiger charge is -2.47. The molecule has 4 nitrogen and oxygen atoms in total. The zero-order chi connectivity index (χ0) is 12.2. The monoisotopic (exact) mass is 252 g/mol. The van der Waals surface area contributed by atoms with E-state index >= 15 is 0 Å². The molecular formula is C14H28N4. The van der Waals surface area contributed by atoms with Crippen LogP contribution in [0.3, 0.4) is 0 Å². The van der Waals surface area contributed by atoms with Crippen molar-refractivity contribution >= 4 is 0 Å². The summed E-state index contributed by atoms with van der Waals surface area (Å²) in [5, 5.41) is 3.43. The van der Waals surface area contributed by atoms with Crippen molar-refractivity contribution in [1.82, 2.24) is 20.0 Å². The van der Waals surface area contributed by atoms with Crippen molar-refractivity contribution < 1.29 is 0 Å². The first-order chi connectivity index (χ1) is 8.92. The van der Waals surface area contributed by atoms with Crippen LogP contribution in [0.25, 0.3) is 0 Å². The van der Waals surface area contributed by atoms with Crippen molar-refractivity contribution in [2.24, 2.45) is 0 Å². The van der Waals surface area contributed by atoms with Crippen molar-refractivity contribution in [2.75, 3.05) is 65.4 Å². The summed E-state index contributed by atoms with van der Waals surface area (Å²) in [6.07, 6.45) is 4.22. The van der Waals surface area contributed by atoms with Gasteiger partial charge >= 0.3 is 0 Å². The summed E-state index contributed by atoms with van der Waals surface area (Å²) >= 11 is 0. The van der Waals surface area contributed by atoms with E-state index in [1.54, 1.807) is 0 Å². The Labute approximate surface area is 111 Å². The molecule has 0 radical (unpaired) electrons. The minimum atomic E-state index is 0.860. The summed E-state index contributed by atoms with van der Waals surface area (Å²) in [5.41, 5.74) is 0. The number of hydrogen-bond donors (Lipinski definition) is 1. The molecule has 3 heterocycles. The molecule has 0 amide bonds. The summed E-state index contributed by atoms with van der Waals surface area (Å²) in [7, 11) is 0. The molecule has 4 heteroatoms. The van der Waals surface area contributed by atoms with E-state index in [2.05, 4.69) is 20.0 Å². The van der Waals surface area contributed by atoms with Gasteiger partial charge in [-0.3, -0.25) is 4.90 Å². The number of piperazine rings is 1. The van der Waals surface area contributed by atoms with Gasteiger partial charge in [0.25, 0.3) is 0 Å². The highest BCUT2D eigenvalue weighted by atomic mass is 15.3. The SMILES string of the molecule is C1CCN(CCCN2CC(N3CCNCC3)C2)C1. The van der Waals surface area contributed by atoms with Crippen molar-refractivity contribution in [3.8, 4) is 0 Å². The molecule has 3 saturated heterocycles. The largest absolute Gasteiger partial charge is 0.314 e. The van der Waals surface area contributed by atoms with Crippen LogP contribution in [0.1, 0.15) is 19.3 Å². The molecule has 0 spiro atoms. The highest BCUT2D eigenvalue weighted by Gasteiger charge is 2.31. The van der Waals surface area contributed by atoms with Crippen molar-refractivity contribution in [3.05, 3.63) is 0 Å². The predicted octanol–water partition coefficient (Wildman–Crippen LogP) is 0.0617. The Morgan fingerprint density at radius 2 is 1.50 bits per heavy atom. The van der Waals surface area contributed by atoms with Crippen LogP contribution in [-0.4, -0.2) is 86.2 Å². The smallest absolute Gasteiger partial charge is 0.0351 e. The van der Waals surface area contributed by atoms with Crippen LogP contribution in [-0.2, 0) is 0 Å². The maximum Gasteiger partial charge on any atom is 0.0351 e. The van der Waals surface area contributed by atoms with Gasteiger partial charge in [-0.15, -0.1) is 0 Å². The van der Waals surface area contributed by atoms with Crippen LogP contribution >= 0.6 is 0 Å². The Hall–Kier alpha value is -0.160. The summed E-state index contributed by atoms with van der Waals surface area (Å²) in [6.45, 7) is 12.9. The number of rotatable bonds is 5. The molecule has 0 aliphatic carbocycles. The minimum absolute atomic E-state index is 0.860. The normalized spacial score (nSPS) is 28.7. The number of nitrogens with one attached hydrogen (secondary N) is 1. The summed E-state index contributed by atoms with van der Waals surface area (Å²) in [4.78, 5) is 7.95. The summed E-state index contributed by atoms with van der Waals surface area (Å²) < 4.78 is 0. The second-order valence-electron chi connectivity index (χ2n) is 6.10. The van der Waals surface area contributed by atoms with Gasteiger partial charge in [-0.2, -0.15) is 0 Å². The van der Waals surface area contributed by atoms with Crippen molar-refractivity contribution in [1.29, 1.82) is 0 Å². The predicted molar refractivity (Wildman–Crippen MR) is 75.0 cm³/mol. The number of nitrogens with zero attached hydrogens (tertiary/aromatic N) is 3. The molecular weight excluding hydrogens is 224 g/mol. The molecule has 3 rings (SSSR count). The van der Waals surface area contributed by atoms with E-state index in [4.69, 9.17) is 0 Å². The molecule has 0 unspecified atom stereocenters. The van der Waals surface area contributed by atoms with Gasteiger partial charge in [-0.25, -0.2) is 0 Å². The molecule has 0 bridgehead atoms. The second-order valence-corrected chi connectivity index (χ2v) is 6.10. The molecule has 0 saturated carbocycles. The van der Waals surface area contributed by atoms with Gasteiger partial charge in [0.1, 0.15) is 0 Å². The lowest BCUT2D eigenvalue weighted by molar-refractivity contribution is 0.0255. The Morgan fingerprint density at radius 3 is 2.22 bits per heavy atom. The molecule has 0 aromatic heterocycles. The van der Waals surface area contributed by atoms with E-state index in [0.29, 0.717) is 0 Å². The third-order valence-corrected chi connectivity index (χ3v) is 4.75. The van der Waals surface area contributed by atoms with Gasteiger partial charge in [-0.05, 0) is 45.4 Å². The highest BCUT2D eigenvalue weighted by molar-refractivity contribution is 4.89. The summed E-state index contributed by atoms with van der Waals surface area (Å²) in [5.74, 6) is 0. The van der Waals surface area contributed by atoms with Crippen LogP contribution in [0.15, 0.2) is 0 Å². The third-order valence-electron chi connectivity index (χ3n) is 4.75. The lowest BCUT2D eigenvalue weighted by Crippen LogP contribution is -2.62. The fourth-order valence-corrected chi connectivity index (χ4v) is 3.53. The maximum absolute atomic E-state index is 3.43. The van der Waals surface area contributed by atoms with Gasteiger partial charge < -0.3 is 15.1 Å². The third kappa shape index (κ3) is 3.23. The van der Waals surface area contributed by atoms with Crippen molar-refractivity contribution in [2.45, 2.75) is 25.3 Å². The molecule has 18 heavy (non-hydrogen) atoms. The summed E-state index contributed by atoms with van der Waals surface area (Å²) in [6, 6.07) is 0.860. The second kappa shape index (κ2) is 6.33. The van der Waals surface area contributed by atoms with Crippen LogP contribution in [0.4, 0.5) is 0 Å². The van der Waals surface area contributed by atoms with E-state index in [-0.39, 0.29) is 0 Å². The quantitative estimate of drug-likeness (QED) is 0.747. The van der Waals surface area contributed by atoms with E-state index in [1.807, 2.05) is 0 Å². The van der Waals surface area contributed by atoms with Crippen molar-refractivity contribution in [3.63, 3.8) is 0 Å². The average Bonchev–Trinajstić information content (AvgIpc) is 2.86. The molecule has 3 aliphatic rings. The first kappa shape index (κ1) is 12.9. The highest BCUT2D eigenvalue weighted by Crippen LogP contribution is 2.16. The first-order valence-electron chi connectivity index (χ1n) is 7.81. The van der Waals surface area contributed by atoms with E-state index in [9.17, 15) is 0 Å². The number of hydrogen-bond acceptors (Lipinski definition) is 4. The van der Waals surface area contributed by atoms with E-state index in [0.717, 1.165) is 6.04 Å². The minimum Gasteiger partial charge on any atom is -0.314 e. The molecule has 1 N–H and O–H groups in total. The van der Waals surface area contributed by atoms with Gasteiger partial charge in [0.2, 0.25) is 0 Å². The van der Waals surface area contributed by atoms with Gasteiger partial charge in [0.05, 0.1) is 0 Å². The maximum atomic E-state index is 3.43. The van der Waals surface area contributed by atoms with Crippen LogP contribution in [0, 0.1) is 0 Å². The Bertz CT molecular complexity index is 240.